The molecule has 5 atom stereocenters. The number of hydrogen-bond donors (Lipinski definition) is 3. The van der Waals surface area contributed by atoms with Crippen LogP contribution in [0.4, 0.5) is 4.79 Å². The number of thioether (sulfide) groups is 1. The van der Waals surface area contributed by atoms with Crippen LogP contribution in [0.15, 0.2) is 79.4 Å². The number of nitrogens with one attached hydrogen (secondary N) is 2. The Balaban J connectivity index is 1.41. The van der Waals surface area contributed by atoms with Crippen LogP contribution in [0.5, 0.6) is 0 Å². The molecule has 290 valence electrons. The summed E-state index contributed by atoms with van der Waals surface area (Å²) in [5.41, 5.74) is 0.530. The summed E-state index contributed by atoms with van der Waals surface area (Å²) < 4.78 is 27.1. The van der Waals surface area contributed by atoms with E-state index < -0.39 is 72.9 Å². The molecule has 2 aliphatic carbocycles. The number of carboxylic acid groups (broad SMARTS) is 1. The highest BCUT2D eigenvalue weighted by molar-refractivity contribution is 8.00. The average Bonchev–Trinajstić information content (AvgIpc) is 4.06. The van der Waals surface area contributed by atoms with E-state index in [2.05, 4.69) is 28.8 Å². The summed E-state index contributed by atoms with van der Waals surface area (Å²) in [6.45, 7) is 9.22. The van der Waals surface area contributed by atoms with Crippen molar-refractivity contribution < 1.29 is 32.7 Å². The topological polar surface area (TPSA) is 153 Å². The van der Waals surface area contributed by atoms with E-state index in [1.807, 2.05) is 54.6 Å². The van der Waals surface area contributed by atoms with Crippen LogP contribution in [0.1, 0.15) is 84.1 Å². The fourth-order valence-corrected chi connectivity index (χ4v) is 10.7. The van der Waals surface area contributed by atoms with E-state index in [-0.39, 0.29) is 25.8 Å². The first kappa shape index (κ1) is 39.6. The zero-order valence-electron chi connectivity index (χ0n) is 31.3. The Kier molecular flexibility index (Phi) is 11.4. The SMILES string of the molecule is C=C[C@@H]1C[C@]1(NC(=O)[C@@H]1C[C@@]2(c3ccc(-c4ccccc4)cc3)CN1C(=O)[C@@H](N(C(=O)O)C(C)(C)C)CCCCC/C=C/CS2)C(=O)NS(=O)(=O)C1CC1. The van der Waals surface area contributed by atoms with Gasteiger partial charge in [0.1, 0.15) is 17.6 Å². The molecule has 0 aromatic heterocycles. The number of hydrogen-bond acceptors (Lipinski definition) is 7. The van der Waals surface area contributed by atoms with Crippen molar-refractivity contribution in [2.75, 3.05) is 12.3 Å². The zero-order valence-corrected chi connectivity index (χ0v) is 33.0. The Labute approximate surface area is 323 Å². The smallest absolute Gasteiger partial charge is 0.408 e. The van der Waals surface area contributed by atoms with Crippen LogP contribution in [0.2, 0.25) is 0 Å². The molecule has 11 nitrogen and oxygen atoms in total. The minimum Gasteiger partial charge on any atom is -0.465 e. The van der Waals surface area contributed by atoms with Crippen molar-refractivity contribution in [2.24, 2.45) is 5.92 Å². The maximum absolute atomic E-state index is 15.0. The lowest BCUT2D eigenvalue weighted by atomic mass is 9.93. The van der Waals surface area contributed by atoms with Crippen LogP contribution in [0, 0.1) is 5.92 Å². The second-order valence-electron chi connectivity index (χ2n) is 16.1. The standard InChI is InChI=1S/C41H52N4O7S2/c1-5-30-25-41(30,37(48)43-54(51,52)32-22-23-32)42-35(46)34-26-40(31-20-18-29(19-21-31)28-15-11-10-12-16-28)27-44(34)36(47)33(45(38(49)50)39(2,3)4)17-13-8-6-7-9-14-24-53-40/h5,9-12,14-16,18-21,30,32-34H,1,6-8,13,17,22-27H2,2-4H3,(H,42,46)(H,43,48)(H,49,50)/b14-9+/t30-,33+,34+,40+,41-/m1/s1. The first-order chi connectivity index (χ1) is 25.6. The van der Waals surface area contributed by atoms with Crippen LogP contribution >= 0.6 is 11.8 Å². The molecule has 0 unspecified atom stereocenters. The highest BCUT2D eigenvalue weighted by atomic mass is 32.2. The molecule has 2 aliphatic heterocycles. The van der Waals surface area contributed by atoms with Gasteiger partial charge in [-0.25, -0.2) is 13.2 Å². The summed E-state index contributed by atoms with van der Waals surface area (Å²) in [7, 11) is -3.90. The molecule has 6 rings (SSSR count). The highest BCUT2D eigenvalue weighted by Crippen LogP contribution is 2.50. The van der Waals surface area contributed by atoms with Gasteiger partial charge in [0.05, 0.1) is 10.00 Å². The maximum Gasteiger partial charge on any atom is 0.408 e. The molecular formula is C41H52N4O7S2. The minimum absolute atomic E-state index is 0.126. The van der Waals surface area contributed by atoms with Gasteiger partial charge in [-0.1, -0.05) is 85.7 Å². The minimum atomic E-state index is -3.90. The molecule has 13 heteroatoms. The maximum atomic E-state index is 15.0. The first-order valence-corrected chi connectivity index (χ1v) is 21.4. The molecule has 4 aliphatic rings. The fourth-order valence-electron chi connectivity index (χ4n) is 7.96. The van der Waals surface area contributed by atoms with Gasteiger partial charge in [0.2, 0.25) is 21.8 Å². The lowest BCUT2D eigenvalue weighted by Gasteiger charge is -2.41. The monoisotopic (exact) mass is 776 g/mol. The Morgan fingerprint density at radius 3 is 2.26 bits per heavy atom. The van der Waals surface area contributed by atoms with Crippen molar-refractivity contribution in [1.29, 1.82) is 0 Å². The third-order valence-corrected chi connectivity index (χ3v) is 14.4. The number of amides is 4. The highest BCUT2D eigenvalue weighted by Gasteiger charge is 2.62. The van der Waals surface area contributed by atoms with Crippen molar-refractivity contribution in [1.82, 2.24) is 19.8 Å². The van der Waals surface area contributed by atoms with E-state index in [4.69, 9.17) is 0 Å². The molecule has 2 heterocycles. The Hall–Kier alpha value is -4.10. The van der Waals surface area contributed by atoms with E-state index in [1.54, 1.807) is 32.5 Å². The summed E-state index contributed by atoms with van der Waals surface area (Å²) in [6, 6.07) is 16.0. The van der Waals surface area contributed by atoms with Crippen molar-refractivity contribution >= 4 is 45.6 Å². The van der Waals surface area contributed by atoms with Crippen molar-refractivity contribution in [3.63, 3.8) is 0 Å². The average molecular weight is 777 g/mol. The number of carbonyl (C=O) groups excluding carboxylic acids is 3. The fraction of sp³-hybridized carbons (Fsp3) is 0.512. The third-order valence-electron chi connectivity index (χ3n) is 11.2. The Bertz CT molecular complexity index is 1890. The number of benzene rings is 2. The quantitative estimate of drug-likeness (QED) is 0.254. The Morgan fingerprint density at radius 1 is 0.963 bits per heavy atom. The largest absolute Gasteiger partial charge is 0.465 e. The summed E-state index contributed by atoms with van der Waals surface area (Å²) in [5.74, 6) is -1.76. The van der Waals surface area contributed by atoms with Crippen LogP contribution in [0.25, 0.3) is 11.1 Å². The normalized spacial score (nSPS) is 28.3. The van der Waals surface area contributed by atoms with Gasteiger partial charge in [-0.05, 0) is 82.4 Å². The van der Waals surface area contributed by atoms with Crippen LogP contribution in [0.3, 0.4) is 0 Å². The predicted molar refractivity (Wildman–Crippen MR) is 211 cm³/mol. The second-order valence-corrected chi connectivity index (χ2v) is 19.4. The van der Waals surface area contributed by atoms with Gasteiger partial charge < -0.3 is 15.3 Å². The number of nitrogens with zero attached hydrogens (tertiary/aromatic N) is 2. The van der Waals surface area contributed by atoms with Gasteiger partial charge in [-0.15, -0.1) is 18.3 Å². The predicted octanol–water partition coefficient (Wildman–Crippen LogP) is 6.22. The van der Waals surface area contributed by atoms with Gasteiger partial charge in [0.15, 0.2) is 0 Å². The number of fused-ring (bicyclic) bond motifs is 2. The number of carbonyl (C=O) groups is 4. The number of sulfonamides is 1. The van der Waals surface area contributed by atoms with Crippen molar-refractivity contribution in [3.05, 3.63) is 85.0 Å². The summed E-state index contributed by atoms with van der Waals surface area (Å²) in [5, 5.41) is 12.8. The van der Waals surface area contributed by atoms with Crippen LogP contribution in [-0.2, 0) is 29.2 Å². The van der Waals surface area contributed by atoms with E-state index in [0.717, 1.165) is 36.0 Å². The van der Waals surface area contributed by atoms with Crippen LogP contribution < -0.4 is 10.0 Å². The lowest BCUT2D eigenvalue weighted by Crippen LogP contribution is -2.60. The van der Waals surface area contributed by atoms with E-state index in [0.29, 0.717) is 25.0 Å². The number of allylic oxidation sites excluding steroid dienone is 1. The molecule has 54 heavy (non-hydrogen) atoms. The van der Waals surface area contributed by atoms with Crippen LogP contribution in [-0.4, -0.2) is 87.8 Å². The van der Waals surface area contributed by atoms with Gasteiger partial charge in [-0.3, -0.25) is 24.0 Å². The first-order valence-electron chi connectivity index (χ1n) is 18.9. The van der Waals surface area contributed by atoms with E-state index in [9.17, 15) is 27.9 Å². The van der Waals surface area contributed by atoms with Gasteiger partial charge in [0, 0.05) is 23.8 Å². The molecule has 2 bridgehead atoms. The van der Waals surface area contributed by atoms with Gasteiger partial charge in [-0.2, -0.15) is 0 Å². The van der Waals surface area contributed by atoms with Crippen molar-refractivity contribution in [3.8, 4) is 11.1 Å². The summed E-state index contributed by atoms with van der Waals surface area (Å²) in [4.78, 5) is 59.0. The number of rotatable bonds is 9. The Morgan fingerprint density at radius 2 is 1.65 bits per heavy atom. The molecule has 4 amide bonds. The van der Waals surface area contributed by atoms with E-state index >= 15 is 4.79 Å². The molecule has 3 fully saturated rings. The molecule has 3 N–H and O–H groups in total. The second kappa shape index (κ2) is 15.6. The van der Waals surface area contributed by atoms with Gasteiger partial charge in [0.25, 0.3) is 5.91 Å². The molecule has 1 saturated heterocycles. The summed E-state index contributed by atoms with van der Waals surface area (Å²) >= 11 is 1.63. The molecule has 2 saturated carbocycles. The van der Waals surface area contributed by atoms with Crippen molar-refractivity contribution in [2.45, 2.75) is 112 Å². The molecule has 2 aromatic rings. The molecular weight excluding hydrogens is 725 g/mol. The van der Waals surface area contributed by atoms with Gasteiger partial charge >= 0.3 is 6.09 Å². The molecule has 0 radical (unpaired) electrons. The molecule has 0 spiro atoms. The zero-order chi connectivity index (χ0) is 38.9. The van der Waals surface area contributed by atoms with E-state index in [1.165, 1.54) is 15.9 Å². The third kappa shape index (κ3) is 8.27. The summed E-state index contributed by atoms with van der Waals surface area (Å²) in [6.07, 6.45) is 9.38. The lowest BCUT2D eigenvalue weighted by molar-refractivity contribution is -0.144. The molecule has 2 aromatic carbocycles.